The maximum absolute atomic E-state index is 13.1. The number of fused-ring (bicyclic) bond motifs is 2. The molecule has 4 aromatic rings. The zero-order valence-corrected chi connectivity index (χ0v) is 17.9. The summed E-state index contributed by atoms with van der Waals surface area (Å²) in [7, 11) is -3.87. The van der Waals surface area contributed by atoms with Crippen LogP contribution in [0.2, 0.25) is 0 Å². The number of aromatic amines is 2. The summed E-state index contributed by atoms with van der Waals surface area (Å²) in [5, 5.41) is 0. The number of H-pyrrole nitrogens is 2. The van der Waals surface area contributed by atoms with Crippen LogP contribution in [0.1, 0.15) is 22.8 Å². The van der Waals surface area contributed by atoms with Crippen molar-refractivity contribution in [1.29, 1.82) is 0 Å². The summed E-state index contributed by atoms with van der Waals surface area (Å²) >= 11 is 0. The fourth-order valence-corrected chi connectivity index (χ4v) is 5.17. The average molecular weight is 449 g/mol. The first-order valence-corrected chi connectivity index (χ1v) is 11.6. The molecule has 0 fully saturated rings. The van der Waals surface area contributed by atoms with Crippen LogP contribution in [0.4, 0.5) is 11.4 Å². The highest BCUT2D eigenvalue weighted by atomic mass is 32.2. The van der Waals surface area contributed by atoms with E-state index in [0.717, 1.165) is 17.7 Å². The molecule has 0 saturated carbocycles. The predicted octanol–water partition coefficient (Wildman–Crippen LogP) is 3.25. The van der Waals surface area contributed by atoms with E-state index in [-0.39, 0.29) is 16.8 Å². The first-order chi connectivity index (χ1) is 15.3. The van der Waals surface area contributed by atoms with Gasteiger partial charge < -0.3 is 14.9 Å². The zero-order chi connectivity index (χ0) is 22.5. The van der Waals surface area contributed by atoms with Crippen LogP contribution in [-0.4, -0.2) is 30.3 Å². The summed E-state index contributed by atoms with van der Waals surface area (Å²) < 4.78 is 28.1. The third kappa shape index (κ3) is 3.46. The second kappa shape index (κ2) is 7.38. The van der Waals surface area contributed by atoms with Crippen molar-refractivity contribution in [1.82, 2.24) is 9.97 Å². The van der Waals surface area contributed by atoms with E-state index in [2.05, 4.69) is 14.7 Å². The van der Waals surface area contributed by atoms with Gasteiger partial charge >= 0.3 is 5.69 Å². The number of carbonyl (C=O) groups excluding carboxylic acids is 1. The molecule has 0 aliphatic carbocycles. The van der Waals surface area contributed by atoms with Crippen LogP contribution in [0.25, 0.3) is 11.0 Å². The molecule has 8 nitrogen and oxygen atoms in total. The second-order valence-corrected chi connectivity index (χ2v) is 9.51. The first-order valence-electron chi connectivity index (χ1n) is 10.1. The van der Waals surface area contributed by atoms with Crippen molar-refractivity contribution in [2.24, 2.45) is 0 Å². The number of nitrogens with one attached hydrogen (secondary N) is 3. The fraction of sp³-hybridized carbons (Fsp3) is 0.130. The van der Waals surface area contributed by atoms with E-state index in [4.69, 9.17) is 0 Å². The van der Waals surface area contributed by atoms with E-state index < -0.39 is 15.7 Å². The van der Waals surface area contributed by atoms with Crippen molar-refractivity contribution in [3.8, 4) is 0 Å². The number of amides is 1. The number of rotatable bonds is 4. The number of sulfonamides is 1. The number of anilines is 2. The van der Waals surface area contributed by atoms with E-state index in [0.29, 0.717) is 22.3 Å². The van der Waals surface area contributed by atoms with Crippen LogP contribution in [-0.2, 0) is 16.4 Å². The maximum atomic E-state index is 13.1. The number of hydrogen-bond donors (Lipinski definition) is 3. The number of nitrogens with zero attached hydrogens (tertiary/aromatic N) is 1. The highest BCUT2D eigenvalue weighted by molar-refractivity contribution is 7.92. The topological polar surface area (TPSA) is 115 Å². The van der Waals surface area contributed by atoms with Crippen molar-refractivity contribution < 1.29 is 13.2 Å². The van der Waals surface area contributed by atoms with E-state index >= 15 is 0 Å². The van der Waals surface area contributed by atoms with Crippen molar-refractivity contribution in [2.75, 3.05) is 9.62 Å². The summed E-state index contributed by atoms with van der Waals surface area (Å²) in [6, 6.07) is 18.6. The molecule has 1 aliphatic heterocycles. The lowest BCUT2D eigenvalue weighted by molar-refractivity contribution is 0.0981. The Morgan fingerprint density at radius 3 is 2.50 bits per heavy atom. The summed E-state index contributed by atoms with van der Waals surface area (Å²) in [6.07, 6.45) is 0.802. The highest BCUT2D eigenvalue weighted by Crippen LogP contribution is 2.33. The van der Waals surface area contributed by atoms with Gasteiger partial charge in [-0.1, -0.05) is 18.2 Å². The first kappa shape index (κ1) is 20.1. The number of carbonyl (C=O) groups is 1. The second-order valence-electron chi connectivity index (χ2n) is 7.83. The molecule has 32 heavy (non-hydrogen) atoms. The Bertz CT molecular complexity index is 1500. The highest BCUT2D eigenvalue weighted by Gasteiger charge is 2.31. The number of para-hydroxylation sites is 1. The van der Waals surface area contributed by atoms with Crippen LogP contribution < -0.4 is 15.3 Å². The van der Waals surface area contributed by atoms with Crippen molar-refractivity contribution in [3.05, 3.63) is 88.3 Å². The molecular weight excluding hydrogens is 428 g/mol. The minimum Gasteiger partial charge on any atom is -0.306 e. The van der Waals surface area contributed by atoms with Gasteiger partial charge in [0.25, 0.3) is 15.9 Å². The molecule has 1 aromatic heterocycles. The standard InChI is InChI=1S/C23H20N4O4S/c1-14-12-16-4-2-3-5-21(16)27(14)22(28)15-6-8-17(9-7-15)26-32(30,31)18-10-11-19-20(13-18)25-23(29)24-19/h2-11,13-14,26H,12H2,1H3,(H2,24,25,29). The van der Waals surface area contributed by atoms with Gasteiger partial charge in [-0.05, 0) is 67.4 Å². The van der Waals surface area contributed by atoms with Gasteiger partial charge in [0.2, 0.25) is 0 Å². The molecule has 1 amide bonds. The Morgan fingerprint density at radius 2 is 1.72 bits per heavy atom. The van der Waals surface area contributed by atoms with Crippen LogP contribution >= 0.6 is 0 Å². The summed E-state index contributed by atoms with van der Waals surface area (Å²) in [5.41, 5.74) is 3.37. The molecule has 162 valence electrons. The normalized spacial score (nSPS) is 15.7. The lowest BCUT2D eigenvalue weighted by Gasteiger charge is -2.23. The third-order valence-electron chi connectivity index (χ3n) is 5.61. The molecule has 0 spiro atoms. The van der Waals surface area contributed by atoms with Crippen LogP contribution in [0, 0.1) is 0 Å². The van der Waals surface area contributed by atoms with Crippen LogP contribution in [0.3, 0.4) is 0 Å². The zero-order valence-electron chi connectivity index (χ0n) is 17.1. The molecule has 2 heterocycles. The number of benzene rings is 3. The van der Waals surface area contributed by atoms with Crippen molar-refractivity contribution in [3.63, 3.8) is 0 Å². The van der Waals surface area contributed by atoms with Gasteiger partial charge in [-0.15, -0.1) is 0 Å². The van der Waals surface area contributed by atoms with Gasteiger partial charge in [0.15, 0.2) is 0 Å². The van der Waals surface area contributed by atoms with Crippen molar-refractivity contribution >= 4 is 38.3 Å². The van der Waals surface area contributed by atoms with Crippen molar-refractivity contribution in [2.45, 2.75) is 24.3 Å². The molecule has 1 atom stereocenters. The van der Waals surface area contributed by atoms with Gasteiger partial charge in [0.1, 0.15) is 0 Å². The lowest BCUT2D eigenvalue weighted by atomic mass is 10.1. The van der Waals surface area contributed by atoms with Crippen LogP contribution in [0.15, 0.2) is 76.4 Å². The molecule has 1 unspecified atom stereocenters. The van der Waals surface area contributed by atoms with E-state index in [1.807, 2.05) is 31.2 Å². The van der Waals surface area contributed by atoms with E-state index in [1.54, 1.807) is 29.2 Å². The van der Waals surface area contributed by atoms with Gasteiger partial charge in [-0.3, -0.25) is 9.52 Å². The average Bonchev–Trinajstić information content (AvgIpc) is 3.30. The molecule has 0 radical (unpaired) electrons. The smallest absolute Gasteiger partial charge is 0.306 e. The van der Waals surface area contributed by atoms with E-state index in [1.165, 1.54) is 18.2 Å². The Morgan fingerprint density at radius 1 is 1.00 bits per heavy atom. The Hall–Kier alpha value is -3.85. The SMILES string of the molecule is CC1Cc2ccccc2N1C(=O)c1ccc(NS(=O)(=O)c2ccc3[nH]c(=O)[nH]c3c2)cc1. The largest absolute Gasteiger partial charge is 0.323 e. The van der Waals surface area contributed by atoms with Gasteiger partial charge in [-0.2, -0.15) is 0 Å². The monoisotopic (exact) mass is 448 g/mol. The quantitative estimate of drug-likeness (QED) is 0.444. The fourth-order valence-electron chi connectivity index (χ4n) is 4.09. The Labute approximate surface area is 184 Å². The number of imidazole rings is 1. The summed E-state index contributed by atoms with van der Waals surface area (Å²) in [6.45, 7) is 2.01. The molecule has 5 rings (SSSR count). The third-order valence-corrected chi connectivity index (χ3v) is 6.99. The van der Waals surface area contributed by atoms with E-state index in [9.17, 15) is 18.0 Å². The summed E-state index contributed by atoms with van der Waals surface area (Å²) in [4.78, 5) is 31.4. The number of hydrogen-bond acceptors (Lipinski definition) is 4. The molecule has 3 N–H and O–H groups in total. The molecule has 0 bridgehead atoms. The lowest BCUT2D eigenvalue weighted by Crippen LogP contribution is -2.35. The van der Waals surface area contributed by atoms with Gasteiger partial charge in [-0.25, -0.2) is 13.2 Å². The summed E-state index contributed by atoms with van der Waals surface area (Å²) in [5.74, 6) is -0.126. The molecule has 1 aliphatic rings. The number of aromatic nitrogens is 2. The minimum absolute atomic E-state index is 0.0166. The van der Waals surface area contributed by atoms with Gasteiger partial charge in [0.05, 0.1) is 15.9 Å². The van der Waals surface area contributed by atoms with Gasteiger partial charge in [0, 0.05) is 23.0 Å². The van der Waals surface area contributed by atoms with Crippen LogP contribution in [0.5, 0.6) is 0 Å². The Balaban J connectivity index is 1.37. The Kier molecular flexibility index (Phi) is 4.63. The predicted molar refractivity (Wildman–Crippen MR) is 123 cm³/mol. The maximum Gasteiger partial charge on any atom is 0.323 e. The minimum atomic E-state index is -3.87. The molecule has 0 saturated heterocycles. The molecule has 3 aromatic carbocycles. The molecular formula is C23H20N4O4S. The molecule has 9 heteroatoms.